The molecule has 0 heterocycles. The van der Waals surface area contributed by atoms with Crippen LogP contribution in [0.5, 0.6) is 0 Å². The molecule has 0 bridgehead atoms. The molecule has 0 saturated carbocycles. The molecule has 2 aromatic rings. The van der Waals surface area contributed by atoms with Crippen LogP contribution in [0, 0.1) is 5.82 Å². The van der Waals surface area contributed by atoms with Gasteiger partial charge in [-0.15, -0.1) is 0 Å². The van der Waals surface area contributed by atoms with Crippen molar-refractivity contribution in [3.63, 3.8) is 0 Å². The van der Waals surface area contributed by atoms with Crippen LogP contribution in [-0.4, -0.2) is 36.3 Å². The molecule has 136 valence electrons. The Morgan fingerprint density at radius 2 is 1.81 bits per heavy atom. The standard InChI is InChI=1S/C19H19FN2O4/c1-13(23)22(11-14-6-8-16(20)9-7-14)12-18(24)21-17-5-3-4-15(10-17)19(25)26-2/h3-10H,11-12H2,1-2H3,(H,21,24). The third kappa shape index (κ3) is 5.41. The summed E-state index contributed by atoms with van der Waals surface area (Å²) in [5, 5.41) is 2.64. The van der Waals surface area contributed by atoms with Crippen LogP contribution in [0.1, 0.15) is 22.8 Å². The lowest BCUT2D eigenvalue weighted by Crippen LogP contribution is -2.36. The summed E-state index contributed by atoms with van der Waals surface area (Å²) in [4.78, 5) is 36.9. The molecular weight excluding hydrogens is 339 g/mol. The molecule has 2 amide bonds. The fraction of sp³-hybridized carbons (Fsp3) is 0.211. The van der Waals surface area contributed by atoms with Crippen molar-refractivity contribution in [3.05, 3.63) is 65.5 Å². The molecule has 0 aromatic heterocycles. The molecule has 6 nitrogen and oxygen atoms in total. The van der Waals surface area contributed by atoms with Gasteiger partial charge in [0.25, 0.3) is 0 Å². The van der Waals surface area contributed by atoms with Gasteiger partial charge in [0, 0.05) is 19.2 Å². The monoisotopic (exact) mass is 358 g/mol. The Morgan fingerprint density at radius 1 is 1.12 bits per heavy atom. The number of carbonyl (C=O) groups excluding carboxylic acids is 3. The lowest BCUT2D eigenvalue weighted by Gasteiger charge is -2.20. The predicted molar refractivity (Wildman–Crippen MR) is 93.9 cm³/mol. The first-order valence-electron chi connectivity index (χ1n) is 7.87. The highest BCUT2D eigenvalue weighted by atomic mass is 19.1. The Morgan fingerprint density at radius 3 is 2.42 bits per heavy atom. The number of hydrogen-bond acceptors (Lipinski definition) is 4. The van der Waals surface area contributed by atoms with Gasteiger partial charge in [-0.2, -0.15) is 0 Å². The number of benzene rings is 2. The van der Waals surface area contributed by atoms with Gasteiger partial charge < -0.3 is 15.0 Å². The van der Waals surface area contributed by atoms with Gasteiger partial charge in [0.1, 0.15) is 12.4 Å². The first-order chi connectivity index (χ1) is 12.4. The van der Waals surface area contributed by atoms with Crippen molar-refractivity contribution in [1.29, 1.82) is 0 Å². The number of halogens is 1. The first kappa shape index (κ1) is 19.1. The van der Waals surface area contributed by atoms with Crippen LogP contribution >= 0.6 is 0 Å². The van der Waals surface area contributed by atoms with E-state index in [9.17, 15) is 18.8 Å². The van der Waals surface area contributed by atoms with E-state index in [1.807, 2.05) is 0 Å². The summed E-state index contributed by atoms with van der Waals surface area (Å²) >= 11 is 0. The minimum atomic E-state index is -0.511. The van der Waals surface area contributed by atoms with Gasteiger partial charge in [-0.05, 0) is 35.9 Å². The van der Waals surface area contributed by atoms with E-state index in [2.05, 4.69) is 10.1 Å². The highest BCUT2D eigenvalue weighted by Gasteiger charge is 2.15. The molecule has 0 aliphatic rings. The average molecular weight is 358 g/mol. The Balaban J connectivity index is 2.02. The highest BCUT2D eigenvalue weighted by Crippen LogP contribution is 2.12. The summed E-state index contributed by atoms with van der Waals surface area (Å²) in [5.74, 6) is -1.58. The van der Waals surface area contributed by atoms with E-state index in [4.69, 9.17) is 0 Å². The van der Waals surface area contributed by atoms with Gasteiger partial charge in [-0.3, -0.25) is 9.59 Å². The quantitative estimate of drug-likeness (QED) is 0.806. The summed E-state index contributed by atoms with van der Waals surface area (Å²) in [6.07, 6.45) is 0. The van der Waals surface area contributed by atoms with Gasteiger partial charge in [-0.1, -0.05) is 18.2 Å². The van der Waals surface area contributed by atoms with Crippen molar-refractivity contribution in [2.24, 2.45) is 0 Å². The number of carbonyl (C=O) groups is 3. The number of methoxy groups -OCH3 is 1. The van der Waals surface area contributed by atoms with Crippen LogP contribution in [-0.2, 0) is 20.9 Å². The fourth-order valence-corrected chi connectivity index (χ4v) is 2.30. The molecule has 0 aliphatic heterocycles. The number of ether oxygens (including phenoxy) is 1. The molecule has 0 unspecified atom stereocenters. The minimum absolute atomic E-state index is 0.171. The summed E-state index contributed by atoms with van der Waals surface area (Å²) in [7, 11) is 1.27. The molecule has 0 radical (unpaired) electrons. The van der Waals surface area contributed by atoms with Gasteiger partial charge in [0.05, 0.1) is 12.7 Å². The zero-order valence-electron chi connectivity index (χ0n) is 14.5. The van der Waals surface area contributed by atoms with E-state index in [1.54, 1.807) is 30.3 Å². The van der Waals surface area contributed by atoms with Gasteiger partial charge in [-0.25, -0.2) is 9.18 Å². The predicted octanol–water partition coefficient (Wildman–Crippen LogP) is 2.60. The van der Waals surface area contributed by atoms with Crippen LogP contribution in [0.2, 0.25) is 0 Å². The van der Waals surface area contributed by atoms with Crippen LogP contribution in [0.3, 0.4) is 0 Å². The second-order valence-electron chi connectivity index (χ2n) is 5.62. The number of rotatable bonds is 6. The van der Waals surface area contributed by atoms with Gasteiger partial charge >= 0.3 is 5.97 Å². The summed E-state index contributed by atoms with van der Waals surface area (Å²) in [6, 6.07) is 12.0. The number of amides is 2. The van der Waals surface area contributed by atoms with Crippen molar-refractivity contribution >= 4 is 23.5 Å². The van der Waals surface area contributed by atoms with E-state index >= 15 is 0 Å². The molecule has 0 spiro atoms. The first-order valence-corrected chi connectivity index (χ1v) is 7.87. The van der Waals surface area contributed by atoms with Crippen molar-refractivity contribution in [1.82, 2.24) is 4.90 Å². The zero-order valence-corrected chi connectivity index (χ0v) is 14.5. The molecule has 0 saturated heterocycles. The van der Waals surface area contributed by atoms with Crippen molar-refractivity contribution in [2.45, 2.75) is 13.5 Å². The lowest BCUT2D eigenvalue weighted by molar-refractivity contribution is -0.133. The van der Waals surface area contributed by atoms with Crippen molar-refractivity contribution in [2.75, 3.05) is 19.0 Å². The minimum Gasteiger partial charge on any atom is -0.465 e. The van der Waals surface area contributed by atoms with Crippen molar-refractivity contribution in [3.8, 4) is 0 Å². The molecule has 1 N–H and O–H groups in total. The molecule has 26 heavy (non-hydrogen) atoms. The van der Waals surface area contributed by atoms with E-state index in [1.165, 1.54) is 37.1 Å². The number of esters is 1. The van der Waals surface area contributed by atoms with E-state index in [0.29, 0.717) is 16.8 Å². The van der Waals surface area contributed by atoms with E-state index in [0.717, 1.165) is 0 Å². The smallest absolute Gasteiger partial charge is 0.337 e. The van der Waals surface area contributed by atoms with E-state index in [-0.39, 0.29) is 24.8 Å². The molecular formula is C19H19FN2O4. The third-order valence-corrected chi connectivity index (χ3v) is 3.63. The summed E-state index contributed by atoms with van der Waals surface area (Å²) < 4.78 is 17.6. The summed E-state index contributed by atoms with van der Waals surface area (Å²) in [6.45, 7) is 1.37. The fourth-order valence-electron chi connectivity index (χ4n) is 2.30. The molecule has 7 heteroatoms. The second kappa shape index (κ2) is 8.75. The SMILES string of the molecule is COC(=O)c1cccc(NC(=O)CN(Cc2ccc(F)cc2)C(C)=O)c1. The Bertz CT molecular complexity index is 805. The van der Waals surface area contributed by atoms with Crippen LogP contribution in [0.25, 0.3) is 0 Å². The van der Waals surface area contributed by atoms with E-state index < -0.39 is 11.9 Å². The molecule has 0 aliphatic carbocycles. The Hall–Kier alpha value is -3.22. The van der Waals surface area contributed by atoms with Gasteiger partial charge in [0.2, 0.25) is 11.8 Å². The van der Waals surface area contributed by atoms with Crippen LogP contribution in [0.15, 0.2) is 48.5 Å². The molecule has 2 aromatic carbocycles. The maximum Gasteiger partial charge on any atom is 0.337 e. The number of nitrogens with zero attached hydrogens (tertiary/aromatic N) is 1. The van der Waals surface area contributed by atoms with Crippen LogP contribution < -0.4 is 5.32 Å². The normalized spacial score (nSPS) is 10.1. The number of nitrogens with one attached hydrogen (secondary N) is 1. The van der Waals surface area contributed by atoms with Crippen LogP contribution in [0.4, 0.5) is 10.1 Å². The average Bonchev–Trinajstić information content (AvgIpc) is 2.62. The second-order valence-corrected chi connectivity index (χ2v) is 5.62. The number of anilines is 1. The highest BCUT2D eigenvalue weighted by molar-refractivity contribution is 5.96. The molecule has 0 fully saturated rings. The Labute approximate surface area is 150 Å². The molecule has 0 atom stereocenters. The lowest BCUT2D eigenvalue weighted by atomic mass is 10.2. The van der Waals surface area contributed by atoms with Crippen molar-refractivity contribution < 1.29 is 23.5 Å². The largest absolute Gasteiger partial charge is 0.465 e. The summed E-state index contributed by atoms with van der Waals surface area (Å²) in [5.41, 5.74) is 1.44. The third-order valence-electron chi connectivity index (χ3n) is 3.63. The number of hydrogen-bond donors (Lipinski definition) is 1. The Kier molecular flexibility index (Phi) is 6.43. The van der Waals surface area contributed by atoms with Gasteiger partial charge in [0.15, 0.2) is 0 Å². The maximum atomic E-state index is 13.0. The maximum absolute atomic E-state index is 13.0. The zero-order chi connectivity index (χ0) is 19.1. The molecule has 2 rings (SSSR count). The topological polar surface area (TPSA) is 75.7 Å².